The number of thioether (sulfide) groups is 2. The van der Waals surface area contributed by atoms with Crippen molar-refractivity contribution in [3.05, 3.63) is 23.4 Å². The zero-order valence-electron chi connectivity index (χ0n) is 14.0. The lowest BCUT2D eigenvalue weighted by Gasteiger charge is -2.12. The lowest BCUT2D eigenvalue weighted by atomic mass is 10.1. The molecule has 2 heterocycles. The third kappa shape index (κ3) is 4.04. The molecule has 122 valence electrons. The van der Waals surface area contributed by atoms with Gasteiger partial charge in [-0.25, -0.2) is 9.97 Å². The molecule has 6 heteroatoms. The van der Waals surface area contributed by atoms with Gasteiger partial charge in [0.05, 0.1) is 11.9 Å². The van der Waals surface area contributed by atoms with E-state index in [1.54, 1.807) is 18.0 Å². The standard InChI is InChI=1S/C17H22N4S2/c1-10(2)22-16-13-7-5-6-12(13)8-14(19-16)15-9-18-21-17(20-15)23-11(3)4/h8-11H,5-7H2,1-4H3. The van der Waals surface area contributed by atoms with Gasteiger partial charge < -0.3 is 0 Å². The highest BCUT2D eigenvalue weighted by Crippen LogP contribution is 2.35. The molecule has 0 unspecified atom stereocenters. The average molecular weight is 347 g/mol. The van der Waals surface area contributed by atoms with Crippen molar-refractivity contribution in [2.45, 2.75) is 67.6 Å². The topological polar surface area (TPSA) is 51.6 Å². The molecule has 0 N–H and O–H groups in total. The molecule has 0 bridgehead atoms. The SMILES string of the molecule is CC(C)Sc1nncc(-c2cc3c(c(SC(C)C)n2)CCC3)n1. The molecule has 1 aliphatic carbocycles. The van der Waals surface area contributed by atoms with E-state index in [2.05, 4.69) is 48.9 Å². The molecule has 2 aromatic heterocycles. The number of aromatic nitrogens is 4. The fourth-order valence-corrected chi connectivity index (χ4v) is 4.31. The summed E-state index contributed by atoms with van der Waals surface area (Å²) in [5.74, 6) is 0. The normalized spacial score (nSPS) is 13.8. The molecule has 0 aliphatic heterocycles. The number of fused-ring (bicyclic) bond motifs is 1. The summed E-state index contributed by atoms with van der Waals surface area (Å²) in [4.78, 5) is 9.54. The Hall–Kier alpha value is -1.14. The minimum absolute atomic E-state index is 0.437. The quantitative estimate of drug-likeness (QED) is 0.747. The maximum absolute atomic E-state index is 4.90. The number of hydrogen-bond donors (Lipinski definition) is 0. The van der Waals surface area contributed by atoms with Gasteiger partial charge in [0, 0.05) is 10.5 Å². The Morgan fingerprint density at radius 1 is 0.957 bits per heavy atom. The van der Waals surface area contributed by atoms with Crippen molar-refractivity contribution in [3.63, 3.8) is 0 Å². The maximum Gasteiger partial charge on any atom is 0.209 e. The zero-order valence-corrected chi connectivity index (χ0v) is 15.7. The molecule has 0 saturated carbocycles. The highest BCUT2D eigenvalue weighted by atomic mass is 32.2. The van der Waals surface area contributed by atoms with E-state index in [-0.39, 0.29) is 0 Å². The highest BCUT2D eigenvalue weighted by Gasteiger charge is 2.20. The molecule has 4 nitrogen and oxygen atoms in total. The Bertz CT molecular complexity index is 701. The molecular formula is C17H22N4S2. The molecule has 1 aliphatic rings. The van der Waals surface area contributed by atoms with Crippen LogP contribution in [0, 0.1) is 0 Å². The van der Waals surface area contributed by atoms with Gasteiger partial charge in [-0.1, -0.05) is 39.5 Å². The van der Waals surface area contributed by atoms with Crippen molar-refractivity contribution in [2.75, 3.05) is 0 Å². The van der Waals surface area contributed by atoms with Crippen molar-refractivity contribution in [1.29, 1.82) is 0 Å². The Kier molecular flexibility index (Phi) is 5.21. The van der Waals surface area contributed by atoms with Crippen LogP contribution in [0.2, 0.25) is 0 Å². The monoisotopic (exact) mass is 346 g/mol. The van der Waals surface area contributed by atoms with Crippen molar-refractivity contribution in [2.24, 2.45) is 0 Å². The maximum atomic E-state index is 4.90. The Balaban J connectivity index is 2.00. The fraction of sp³-hybridized carbons (Fsp3) is 0.529. The number of nitrogens with zero attached hydrogens (tertiary/aromatic N) is 4. The van der Waals surface area contributed by atoms with Gasteiger partial charge in [0.2, 0.25) is 5.16 Å². The number of pyridine rings is 1. The summed E-state index contributed by atoms with van der Waals surface area (Å²) in [6, 6.07) is 2.19. The minimum atomic E-state index is 0.437. The molecule has 3 rings (SSSR count). The molecule has 0 fully saturated rings. The van der Waals surface area contributed by atoms with Crippen molar-refractivity contribution in [1.82, 2.24) is 20.2 Å². The van der Waals surface area contributed by atoms with E-state index in [1.807, 2.05) is 11.8 Å². The predicted molar refractivity (Wildman–Crippen MR) is 97.1 cm³/mol. The zero-order chi connectivity index (χ0) is 16.4. The summed E-state index contributed by atoms with van der Waals surface area (Å²) < 4.78 is 0. The summed E-state index contributed by atoms with van der Waals surface area (Å²) in [5.41, 5.74) is 4.61. The third-order valence-corrected chi connectivity index (χ3v) is 5.43. The fourth-order valence-electron chi connectivity index (χ4n) is 2.67. The molecule has 0 atom stereocenters. The van der Waals surface area contributed by atoms with Crippen molar-refractivity contribution >= 4 is 23.5 Å². The molecular weight excluding hydrogens is 324 g/mol. The second kappa shape index (κ2) is 7.18. The van der Waals surface area contributed by atoms with Crippen LogP contribution >= 0.6 is 23.5 Å². The van der Waals surface area contributed by atoms with Crippen LogP contribution in [0.5, 0.6) is 0 Å². The summed E-state index contributed by atoms with van der Waals surface area (Å²) in [6.07, 6.45) is 5.23. The molecule has 0 saturated heterocycles. The number of hydrogen-bond acceptors (Lipinski definition) is 6. The molecule has 0 amide bonds. The molecule has 0 radical (unpaired) electrons. The van der Waals surface area contributed by atoms with Gasteiger partial charge in [-0.05, 0) is 36.5 Å². The van der Waals surface area contributed by atoms with Crippen LogP contribution in [0.15, 0.2) is 22.4 Å². The van der Waals surface area contributed by atoms with E-state index in [4.69, 9.17) is 4.98 Å². The van der Waals surface area contributed by atoms with Crippen LogP contribution < -0.4 is 0 Å². The Morgan fingerprint density at radius 2 is 1.74 bits per heavy atom. The second-order valence-electron chi connectivity index (χ2n) is 6.26. The summed E-state index contributed by atoms with van der Waals surface area (Å²) in [6.45, 7) is 8.69. The summed E-state index contributed by atoms with van der Waals surface area (Å²) >= 11 is 3.48. The first kappa shape index (κ1) is 16.7. The van der Waals surface area contributed by atoms with Gasteiger partial charge in [0.15, 0.2) is 0 Å². The second-order valence-corrected chi connectivity index (χ2v) is 9.37. The first-order valence-electron chi connectivity index (χ1n) is 8.09. The molecule has 23 heavy (non-hydrogen) atoms. The van der Waals surface area contributed by atoms with Crippen molar-refractivity contribution < 1.29 is 0 Å². The highest BCUT2D eigenvalue weighted by molar-refractivity contribution is 8.00. The third-order valence-electron chi connectivity index (χ3n) is 3.54. The van der Waals surface area contributed by atoms with Gasteiger partial charge in [-0.3, -0.25) is 0 Å². The van der Waals surface area contributed by atoms with Crippen LogP contribution in [-0.4, -0.2) is 30.7 Å². The van der Waals surface area contributed by atoms with Crippen LogP contribution in [0.3, 0.4) is 0 Å². The minimum Gasteiger partial charge on any atom is -0.239 e. The molecule has 2 aromatic rings. The first-order chi connectivity index (χ1) is 11.0. The van der Waals surface area contributed by atoms with Crippen molar-refractivity contribution in [3.8, 4) is 11.4 Å². The molecule has 0 aromatic carbocycles. The smallest absolute Gasteiger partial charge is 0.209 e. The lowest BCUT2D eigenvalue weighted by Crippen LogP contribution is -2.01. The Morgan fingerprint density at radius 3 is 2.48 bits per heavy atom. The van der Waals surface area contributed by atoms with E-state index in [0.717, 1.165) is 29.4 Å². The van der Waals surface area contributed by atoms with Crippen LogP contribution in [-0.2, 0) is 12.8 Å². The van der Waals surface area contributed by atoms with Gasteiger partial charge in [0.1, 0.15) is 10.7 Å². The Labute approximate surface area is 146 Å². The number of rotatable bonds is 5. The van der Waals surface area contributed by atoms with Gasteiger partial charge in [-0.15, -0.1) is 16.9 Å². The van der Waals surface area contributed by atoms with E-state index >= 15 is 0 Å². The van der Waals surface area contributed by atoms with E-state index in [0.29, 0.717) is 10.5 Å². The van der Waals surface area contributed by atoms with Crippen LogP contribution in [0.25, 0.3) is 11.4 Å². The largest absolute Gasteiger partial charge is 0.239 e. The van der Waals surface area contributed by atoms with E-state index < -0.39 is 0 Å². The van der Waals surface area contributed by atoms with Crippen LogP contribution in [0.1, 0.15) is 45.2 Å². The number of aryl methyl sites for hydroxylation is 1. The van der Waals surface area contributed by atoms with E-state index in [1.165, 1.54) is 22.6 Å². The van der Waals surface area contributed by atoms with Gasteiger partial charge >= 0.3 is 0 Å². The van der Waals surface area contributed by atoms with Gasteiger partial charge in [0.25, 0.3) is 0 Å². The summed E-state index contributed by atoms with van der Waals surface area (Å²) in [7, 11) is 0. The lowest BCUT2D eigenvalue weighted by molar-refractivity contribution is 0.835. The van der Waals surface area contributed by atoms with Crippen LogP contribution in [0.4, 0.5) is 0 Å². The first-order valence-corrected chi connectivity index (χ1v) is 9.85. The average Bonchev–Trinajstić information content (AvgIpc) is 2.95. The van der Waals surface area contributed by atoms with E-state index in [9.17, 15) is 0 Å². The summed E-state index contributed by atoms with van der Waals surface area (Å²) in [5, 5.41) is 11.1. The predicted octanol–water partition coefficient (Wildman–Crippen LogP) is 4.42. The molecule has 0 spiro atoms. The van der Waals surface area contributed by atoms with Gasteiger partial charge in [-0.2, -0.15) is 5.10 Å².